The highest BCUT2D eigenvalue weighted by Crippen LogP contribution is 2.58. The molecule has 0 N–H and O–H groups in total. The number of benzene rings is 8. The first-order valence-electron chi connectivity index (χ1n) is 17.5. The van der Waals surface area contributed by atoms with E-state index in [0.717, 1.165) is 17.7 Å². The van der Waals surface area contributed by atoms with Crippen molar-refractivity contribution in [3.63, 3.8) is 0 Å². The molecule has 0 spiro atoms. The maximum atomic E-state index is 5.18. The van der Waals surface area contributed by atoms with Crippen molar-refractivity contribution in [2.45, 2.75) is 12.5 Å². The molecule has 10 rings (SSSR count). The Labute approximate surface area is 292 Å². The molecule has 1 atom stereocenters. The summed E-state index contributed by atoms with van der Waals surface area (Å²) >= 11 is 0. The van der Waals surface area contributed by atoms with Gasteiger partial charge < -0.3 is 0 Å². The fourth-order valence-corrected chi connectivity index (χ4v) is 8.30. The van der Waals surface area contributed by atoms with E-state index in [9.17, 15) is 0 Å². The summed E-state index contributed by atoms with van der Waals surface area (Å²) in [6.45, 7) is 0. The second-order valence-electron chi connectivity index (χ2n) is 13.3. The summed E-state index contributed by atoms with van der Waals surface area (Å²) in [4.78, 5) is 5.18. The molecule has 0 amide bonds. The van der Waals surface area contributed by atoms with Gasteiger partial charge in [0.25, 0.3) is 0 Å². The van der Waals surface area contributed by atoms with Crippen molar-refractivity contribution < 1.29 is 0 Å². The zero-order chi connectivity index (χ0) is 33.0. The first-order chi connectivity index (χ1) is 24.8. The van der Waals surface area contributed by atoms with Crippen LogP contribution in [-0.4, -0.2) is 5.71 Å². The Kier molecular flexibility index (Phi) is 6.70. The van der Waals surface area contributed by atoms with Crippen LogP contribution >= 0.6 is 0 Å². The normalized spacial score (nSPS) is 14.6. The molecule has 8 aromatic carbocycles. The highest BCUT2D eigenvalue weighted by atomic mass is 14.8. The van der Waals surface area contributed by atoms with E-state index >= 15 is 0 Å². The highest BCUT2D eigenvalue weighted by molar-refractivity contribution is 6.31. The Morgan fingerprint density at radius 3 is 1.62 bits per heavy atom. The Bertz CT molecular complexity index is 2630. The van der Waals surface area contributed by atoms with Crippen LogP contribution in [0.5, 0.6) is 0 Å². The molecule has 0 aromatic heterocycles. The largest absolute Gasteiger partial charge is 0.276 e. The lowest BCUT2D eigenvalue weighted by molar-refractivity contribution is 0.737. The van der Waals surface area contributed by atoms with Crippen LogP contribution in [0.3, 0.4) is 0 Å². The van der Waals surface area contributed by atoms with Gasteiger partial charge in [-0.2, -0.15) is 0 Å². The van der Waals surface area contributed by atoms with Crippen molar-refractivity contribution in [3.8, 4) is 55.6 Å². The predicted octanol–water partition coefficient (Wildman–Crippen LogP) is 13.1. The summed E-state index contributed by atoms with van der Waals surface area (Å²) in [7, 11) is 0. The molecule has 1 heterocycles. The van der Waals surface area contributed by atoms with Gasteiger partial charge in [0.15, 0.2) is 0 Å². The zero-order valence-electron chi connectivity index (χ0n) is 27.6. The lowest BCUT2D eigenvalue weighted by Gasteiger charge is -2.18. The highest BCUT2D eigenvalue weighted by Gasteiger charge is 2.31. The van der Waals surface area contributed by atoms with Gasteiger partial charge in [0.1, 0.15) is 0 Å². The van der Waals surface area contributed by atoms with Crippen molar-refractivity contribution >= 4 is 27.3 Å². The Hall–Kier alpha value is -6.31. The standard InChI is InChI=1S/C49H33N/c1-4-14-32(15-5-1)37-30-31-38(33-16-6-2-7-17-33)48-46(37)42-23-12-22-41-45(39-20-10-11-21-40(39)49(48)47(41)42)36-28-26-35(27-29-36)44-25-13-24-43(50-44)34-18-8-3-9-19-34/h1-23,25-31,43H,24H2. The van der Waals surface area contributed by atoms with E-state index in [4.69, 9.17) is 4.99 Å². The third-order valence-electron chi connectivity index (χ3n) is 10.5. The van der Waals surface area contributed by atoms with Crippen LogP contribution in [0, 0.1) is 0 Å². The Morgan fingerprint density at radius 1 is 0.380 bits per heavy atom. The molecule has 0 saturated heterocycles. The maximum Gasteiger partial charge on any atom is 0.0790 e. The van der Waals surface area contributed by atoms with Gasteiger partial charge in [-0.05, 0) is 101 Å². The van der Waals surface area contributed by atoms with E-state index in [2.05, 4.69) is 182 Å². The van der Waals surface area contributed by atoms with Crippen LogP contribution in [0.15, 0.2) is 187 Å². The third-order valence-corrected chi connectivity index (χ3v) is 10.5. The molecule has 50 heavy (non-hydrogen) atoms. The van der Waals surface area contributed by atoms with E-state index in [1.807, 2.05) is 0 Å². The Morgan fingerprint density at radius 2 is 0.940 bits per heavy atom. The van der Waals surface area contributed by atoms with Crippen LogP contribution in [0.25, 0.3) is 77.2 Å². The monoisotopic (exact) mass is 635 g/mol. The fraction of sp³-hybridized carbons (Fsp3) is 0.0408. The average molecular weight is 636 g/mol. The number of aliphatic imine (C=N–C) groups is 1. The first kappa shape index (κ1) is 28.7. The van der Waals surface area contributed by atoms with Gasteiger partial charge in [-0.1, -0.05) is 176 Å². The van der Waals surface area contributed by atoms with Gasteiger partial charge >= 0.3 is 0 Å². The zero-order valence-corrected chi connectivity index (χ0v) is 27.6. The van der Waals surface area contributed by atoms with E-state index in [0.29, 0.717) is 0 Å². The van der Waals surface area contributed by atoms with Gasteiger partial charge in [-0.3, -0.25) is 4.99 Å². The Balaban J connectivity index is 1.20. The molecule has 1 heteroatoms. The number of rotatable bonds is 5. The van der Waals surface area contributed by atoms with Gasteiger partial charge in [0.2, 0.25) is 0 Å². The number of hydrogen-bond acceptors (Lipinski definition) is 1. The van der Waals surface area contributed by atoms with E-state index < -0.39 is 0 Å². The van der Waals surface area contributed by atoms with Crippen LogP contribution < -0.4 is 0 Å². The second-order valence-corrected chi connectivity index (χ2v) is 13.3. The number of hydrogen-bond donors (Lipinski definition) is 0. The molecule has 2 aliphatic rings. The number of dihydropyridines is 1. The molecule has 1 unspecified atom stereocenters. The minimum Gasteiger partial charge on any atom is -0.276 e. The molecule has 1 aliphatic carbocycles. The summed E-state index contributed by atoms with van der Waals surface area (Å²) in [5.41, 5.74) is 16.3. The maximum absolute atomic E-state index is 5.18. The van der Waals surface area contributed by atoms with Crippen LogP contribution in [-0.2, 0) is 0 Å². The smallest absolute Gasteiger partial charge is 0.0790 e. The summed E-state index contributed by atoms with van der Waals surface area (Å²) in [6, 6.07) is 62.2. The van der Waals surface area contributed by atoms with E-state index in [1.165, 1.54) is 82.7 Å². The molecule has 1 nitrogen and oxygen atoms in total. The lowest BCUT2D eigenvalue weighted by Crippen LogP contribution is -2.06. The number of fused-ring (bicyclic) bond motifs is 5. The topological polar surface area (TPSA) is 12.4 Å². The van der Waals surface area contributed by atoms with Gasteiger partial charge in [-0.15, -0.1) is 0 Å². The van der Waals surface area contributed by atoms with Crippen LogP contribution in [0.4, 0.5) is 0 Å². The predicted molar refractivity (Wildman–Crippen MR) is 212 cm³/mol. The van der Waals surface area contributed by atoms with Gasteiger partial charge in [0.05, 0.1) is 11.8 Å². The quantitative estimate of drug-likeness (QED) is 0.167. The summed E-state index contributed by atoms with van der Waals surface area (Å²) in [6.07, 6.45) is 5.36. The van der Waals surface area contributed by atoms with Crippen molar-refractivity contribution in [1.82, 2.24) is 0 Å². The minimum atomic E-state index is 0.152. The molecule has 8 aromatic rings. The summed E-state index contributed by atoms with van der Waals surface area (Å²) < 4.78 is 0. The average Bonchev–Trinajstić information content (AvgIpc) is 3.55. The molecular weight excluding hydrogens is 603 g/mol. The number of nitrogens with zero attached hydrogens (tertiary/aromatic N) is 1. The van der Waals surface area contributed by atoms with E-state index in [-0.39, 0.29) is 6.04 Å². The van der Waals surface area contributed by atoms with Crippen molar-refractivity contribution in [2.75, 3.05) is 0 Å². The van der Waals surface area contributed by atoms with Crippen molar-refractivity contribution in [1.29, 1.82) is 0 Å². The SMILES string of the molecule is C1=CC(c2ccc(-c3c4ccccc4c4c5c(cccc35)-c3c(-c5ccccc5)ccc(-c5ccccc5)c3-4)cc2)=NC(c2ccccc2)C1. The van der Waals surface area contributed by atoms with Crippen molar-refractivity contribution in [3.05, 3.63) is 193 Å². The molecule has 0 fully saturated rings. The van der Waals surface area contributed by atoms with Crippen molar-refractivity contribution in [2.24, 2.45) is 4.99 Å². The minimum absolute atomic E-state index is 0.152. The molecule has 1 aliphatic heterocycles. The van der Waals surface area contributed by atoms with Gasteiger partial charge in [0, 0.05) is 0 Å². The molecule has 0 bridgehead atoms. The molecule has 234 valence electrons. The molecule has 0 saturated carbocycles. The second kappa shape index (κ2) is 11.7. The third kappa shape index (κ3) is 4.51. The fourth-order valence-electron chi connectivity index (χ4n) is 8.30. The summed E-state index contributed by atoms with van der Waals surface area (Å²) in [5, 5.41) is 5.19. The van der Waals surface area contributed by atoms with Crippen LogP contribution in [0.1, 0.15) is 23.6 Å². The van der Waals surface area contributed by atoms with Gasteiger partial charge in [-0.25, -0.2) is 0 Å². The first-order valence-corrected chi connectivity index (χ1v) is 17.5. The molecule has 0 radical (unpaired) electrons. The van der Waals surface area contributed by atoms with Crippen LogP contribution in [0.2, 0.25) is 0 Å². The molecular formula is C49H33N. The number of allylic oxidation sites excluding steroid dienone is 1. The summed E-state index contributed by atoms with van der Waals surface area (Å²) in [5.74, 6) is 0. The lowest BCUT2D eigenvalue weighted by atomic mass is 9.85. The van der Waals surface area contributed by atoms with E-state index in [1.54, 1.807) is 0 Å².